The van der Waals surface area contributed by atoms with Gasteiger partial charge in [0.2, 0.25) is 0 Å². The van der Waals surface area contributed by atoms with Crippen molar-refractivity contribution in [3.8, 4) is 0 Å². The van der Waals surface area contributed by atoms with Crippen LogP contribution < -0.4 is 5.32 Å². The minimum Gasteiger partial charge on any atom is -0.379 e. The van der Waals surface area contributed by atoms with Gasteiger partial charge in [-0.1, -0.05) is 24.3 Å². The van der Waals surface area contributed by atoms with E-state index < -0.39 is 0 Å². The van der Waals surface area contributed by atoms with Gasteiger partial charge in [-0.05, 0) is 63.1 Å². The molecule has 0 heterocycles. The van der Waals surface area contributed by atoms with Gasteiger partial charge in [-0.25, -0.2) is 0 Å². The number of rotatable bonds is 9. The van der Waals surface area contributed by atoms with Crippen molar-refractivity contribution < 1.29 is 4.74 Å². The lowest BCUT2D eigenvalue weighted by Gasteiger charge is -2.08. The Kier molecular flexibility index (Phi) is 5.87. The molecule has 2 heteroatoms. The SMILES string of the molecule is CC(C)OCCCCNCc1ccc(C2CC2)cc1. The molecule has 1 saturated carbocycles. The minimum atomic E-state index is 0.359. The van der Waals surface area contributed by atoms with Gasteiger partial charge in [0.25, 0.3) is 0 Å². The van der Waals surface area contributed by atoms with Crippen molar-refractivity contribution in [2.75, 3.05) is 13.2 Å². The summed E-state index contributed by atoms with van der Waals surface area (Å²) in [6.45, 7) is 7.12. The highest BCUT2D eigenvalue weighted by molar-refractivity contribution is 5.27. The van der Waals surface area contributed by atoms with Crippen LogP contribution in [0.2, 0.25) is 0 Å². The molecule has 1 aromatic rings. The predicted octanol–water partition coefficient (Wildman–Crippen LogP) is 3.86. The third kappa shape index (κ3) is 5.75. The van der Waals surface area contributed by atoms with E-state index in [0.717, 1.165) is 32.0 Å². The summed E-state index contributed by atoms with van der Waals surface area (Å²) < 4.78 is 5.52. The quantitative estimate of drug-likeness (QED) is 0.682. The molecule has 1 aliphatic rings. The molecule has 0 atom stereocenters. The van der Waals surface area contributed by atoms with Crippen molar-refractivity contribution >= 4 is 0 Å². The second kappa shape index (κ2) is 7.66. The van der Waals surface area contributed by atoms with Crippen LogP contribution in [-0.4, -0.2) is 19.3 Å². The average molecular weight is 261 g/mol. The molecule has 1 fully saturated rings. The van der Waals surface area contributed by atoms with Crippen LogP contribution in [0.15, 0.2) is 24.3 Å². The summed E-state index contributed by atoms with van der Waals surface area (Å²) in [5, 5.41) is 3.50. The normalized spacial score (nSPS) is 15.1. The summed E-state index contributed by atoms with van der Waals surface area (Å²) in [5.74, 6) is 0.864. The number of unbranched alkanes of at least 4 members (excludes halogenated alkanes) is 1. The highest BCUT2D eigenvalue weighted by Crippen LogP contribution is 2.39. The molecule has 2 nitrogen and oxygen atoms in total. The zero-order chi connectivity index (χ0) is 13.5. The monoisotopic (exact) mass is 261 g/mol. The van der Waals surface area contributed by atoms with Crippen LogP contribution in [0.5, 0.6) is 0 Å². The Labute approximate surface area is 117 Å². The number of nitrogens with one attached hydrogen (secondary N) is 1. The summed E-state index contributed by atoms with van der Waals surface area (Å²) >= 11 is 0. The highest BCUT2D eigenvalue weighted by atomic mass is 16.5. The van der Waals surface area contributed by atoms with E-state index in [9.17, 15) is 0 Å². The number of ether oxygens (including phenoxy) is 1. The van der Waals surface area contributed by atoms with E-state index in [1.165, 1.54) is 30.4 Å². The molecule has 1 aliphatic carbocycles. The molecule has 0 aliphatic heterocycles. The van der Waals surface area contributed by atoms with Gasteiger partial charge in [-0.15, -0.1) is 0 Å². The second-order valence-electron chi connectivity index (χ2n) is 5.82. The first-order valence-electron chi connectivity index (χ1n) is 7.67. The maximum atomic E-state index is 5.52. The van der Waals surface area contributed by atoms with Crippen molar-refractivity contribution in [1.29, 1.82) is 0 Å². The van der Waals surface area contributed by atoms with E-state index in [0.29, 0.717) is 6.10 Å². The Morgan fingerprint density at radius 2 is 1.89 bits per heavy atom. The van der Waals surface area contributed by atoms with Gasteiger partial charge in [0.05, 0.1) is 6.10 Å². The molecule has 2 rings (SSSR count). The van der Waals surface area contributed by atoms with Crippen LogP contribution >= 0.6 is 0 Å². The van der Waals surface area contributed by atoms with E-state index in [4.69, 9.17) is 4.74 Å². The van der Waals surface area contributed by atoms with Crippen LogP contribution in [0.3, 0.4) is 0 Å². The lowest BCUT2D eigenvalue weighted by Crippen LogP contribution is -2.15. The van der Waals surface area contributed by atoms with Crippen molar-refractivity contribution in [2.45, 2.75) is 58.1 Å². The molecule has 19 heavy (non-hydrogen) atoms. The van der Waals surface area contributed by atoms with Gasteiger partial charge in [-0.3, -0.25) is 0 Å². The first-order chi connectivity index (χ1) is 9.25. The smallest absolute Gasteiger partial charge is 0.0518 e. The maximum absolute atomic E-state index is 5.52. The number of hydrogen-bond donors (Lipinski definition) is 1. The Bertz CT molecular complexity index is 354. The predicted molar refractivity (Wildman–Crippen MR) is 80.4 cm³/mol. The molecule has 0 bridgehead atoms. The Balaban J connectivity index is 1.53. The molecule has 0 radical (unpaired) electrons. The summed E-state index contributed by atoms with van der Waals surface area (Å²) in [7, 11) is 0. The fraction of sp³-hybridized carbons (Fsp3) is 0.647. The molecule has 106 valence electrons. The van der Waals surface area contributed by atoms with Crippen LogP contribution in [0.25, 0.3) is 0 Å². The van der Waals surface area contributed by atoms with Crippen LogP contribution in [0, 0.1) is 0 Å². The van der Waals surface area contributed by atoms with Gasteiger partial charge in [-0.2, -0.15) is 0 Å². The topological polar surface area (TPSA) is 21.3 Å². The average Bonchev–Trinajstić information content (AvgIpc) is 3.22. The second-order valence-corrected chi connectivity index (χ2v) is 5.82. The number of benzene rings is 1. The minimum absolute atomic E-state index is 0.359. The molecule has 0 aromatic heterocycles. The molecule has 0 saturated heterocycles. The lowest BCUT2D eigenvalue weighted by atomic mass is 10.1. The van der Waals surface area contributed by atoms with Crippen LogP contribution in [0.1, 0.15) is 56.6 Å². The highest BCUT2D eigenvalue weighted by Gasteiger charge is 2.22. The van der Waals surface area contributed by atoms with E-state index >= 15 is 0 Å². The van der Waals surface area contributed by atoms with Crippen molar-refractivity contribution in [3.63, 3.8) is 0 Å². The standard InChI is InChI=1S/C17H27NO/c1-14(2)19-12-4-3-11-18-13-15-5-7-16(8-6-15)17-9-10-17/h5-8,14,17-18H,3-4,9-13H2,1-2H3. The fourth-order valence-corrected chi connectivity index (χ4v) is 2.23. The van der Waals surface area contributed by atoms with Gasteiger partial charge in [0.1, 0.15) is 0 Å². The molecule has 0 spiro atoms. The van der Waals surface area contributed by atoms with E-state index in [-0.39, 0.29) is 0 Å². The van der Waals surface area contributed by atoms with Crippen LogP contribution in [0.4, 0.5) is 0 Å². The lowest BCUT2D eigenvalue weighted by molar-refractivity contribution is 0.0760. The maximum Gasteiger partial charge on any atom is 0.0518 e. The summed E-state index contributed by atoms with van der Waals surface area (Å²) in [6.07, 6.45) is 5.46. The largest absolute Gasteiger partial charge is 0.379 e. The van der Waals surface area contributed by atoms with E-state index in [1.807, 2.05) is 0 Å². The summed E-state index contributed by atoms with van der Waals surface area (Å²) in [4.78, 5) is 0. The summed E-state index contributed by atoms with van der Waals surface area (Å²) in [5.41, 5.74) is 2.91. The Morgan fingerprint density at radius 1 is 1.16 bits per heavy atom. The van der Waals surface area contributed by atoms with Gasteiger partial charge in [0.15, 0.2) is 0 Å². The molecular weight excluding hydrogens is 234 g/mol. The van der Waals surface area contributed by atoms with Gasteiger partial charge < -0.3 is 10.1 Å². The van der Waals surface area contributed by atoms with Crippen LogP contribution in [-0.2, 0) is 11.3 Å². The fourth-order valence-electron chi connectivity index (χ4n) is 2.23. The molecule has 1 N–H and O–H groups in total. The molecular formula is C17H27NO. The Hall–Kier alpha value is -0.860. The van der Waals surface area contributed by atoms with Crippen molar-refractivity contribution in [1.82, 2.24) is 5.32 Å². The van der Waals surface area contributed by atoms with Gasteiger partial charge >= 0.3 is 0 Å². The zero-order valence-corrected chi connectivity index (χ0v) is 12.3. The van der Waals surface area contributed by atoms with Crippen molar-refractivity contribution in [3.05, 3.63) is 35.4 Å². The van der Waals surface area contributed by atoms with E-state index in [1.54, 1.807) is 0 Å². The third-order valence-corrected chi connectivity index (χ3v) is 3.56. The first-order valence-corrected chi connectivity index (χ1v) is 7.67. The number of hydrogen-bond acceptors (Lipinski definition) is 2. The van der Waals surface area contributed by atoms with Crippen molar-refractivity contribution in [2.24, 2.45) is 0 Å². The van der Waals surface area contributed by atoms with E-state index in [2.05, 4.69) is 43.4 Å². The van der Waals surface area contributed by atoms with Gasteiger partial charge in [0, 0.05) is 13.2 Å². The summed E-state index contributed by atoms with van der Waals surface area (Å²) in [6, 6.07) is 9.13. The zero-order valence-electron chi connectivity index (χ0n) is 12.3. The third-order valence-electron chi connectivity index (χ3n) is 3.56. The molecule has 1 aromatic carbocycles. The molecule has 0 amide bonds. The first kappa shape index (κ1) is 14.5. The molecule has 0 unspecified atom stereocenters. The Morgan fingerprint density at radius 3 is 2.53 bits per heavy atom.